The van der Waals surface area contributed by atoms with Gasteiger partial charge in [0.25, 0.3) is 0 Å². The number of anilines is 2. The molecule has 0 spiro atoms. The Morgan fingerprint density at radius 2 is 1.86 bits per heavy atom. The smallest absolute Gasteiger partial charge is 0.168 e. The Labute approximate surface area is 161 Å². The van der Waals surface area contributed by atoms with Gasteiger partial charge < -0.3 is 5.32 Å². The largest absolute Gasteiger partial charge is 0.340 e. The van der Waals surface area contributed by atoms with Gasteiger partial charge in [0.1, 0.15) is 23.6 Å². The molecule has 0 amide bonds. The molecule has 0 aliphatic rings. The molecule has 5 nitrogen and oxygen atoms in total. The number of nitrogens with zero attached hydrogens (tertiary/aromatic N) is 4. The molecule has 142 valence electrons. The quantitative estimate of drug-likeness (QED) is 0.501. The van der Waals surface area contributed by atoms with E-state index in [0.717, 1.165) is 24.6 Å². The summed E-state index contributed by atoms with van der Waals surface area (Å²) in [6.07, 6.45) is 6.34. The zero-order valence-corrected chi connectivity index (χ0v) is 15.4. The number of rotatable bonds is 6. The van der Waals surface area contributed by atoms with Gasteiger partial charge in [-0.05, 0) is 42.7 Å². The summed E-state index contributed by atoms with van der Waals surface area (Å²) in [5, 5.41) is 8.12. The molecule has 2 aromatic carbocycles. The molecule has 1 N–H and O–H groups in total. The van der Waals surface area contributed by atoms with Gasteiger partial charge in [-0.2, -0.15) is 5.10 Å². The maximum atomic E-state index is 14.2. The van der Waals surface area contributed by atoms with Crippen molar-refractivity contribution in [2.45, 2.75) is 26.2 Å². The van der Waals surface area contributed by atoms with Crippen molar-refractivity contribution in [3.63, 3.8) is 0 Å². The highest BCUT2D eigenvalue weighted by Gasteiger charge is 2.14. The summed E-state index contributed by atoms with van der Waals surface area (Å²) in [7, 11) is 0. The summed E-state index contributed by atoms with van der Waals surface area (Å²) in [6.45, 7) is 2.17. The van der Waals surface area contributed by atoms with Crippen LogP contribution in [0.15, 0.2) is 55.0 Å². The van der Waals surface area contributed by atoms with Crippen molar-refractivity contribution >= 4 is 22.5 Å². The number of fused-ring (bicyclic) bond motifs is 1. The first kappa shape index (κ1) is 18.0. The molecular formula is C21H19F2N5. The van der Waals surface area contributed by atoms with Gasteiger partial charge in [-0.3, -0.25) is 0 Å². The van der Waals surface area contributed by atoms with Crippen molar-refractivity contribution in [3.8, 4) is 5.69 Å². The second-order valence-corrected chi connectivity index (χ2v) is 6.54. The minimum absolute atomic E-state index is 0.126. The second-order valence-electron chi connectivity index (χ2n) is 6.54. The Hall–Kier alpha value is -3.35. The van der Waals surface area contributed by atoms with E-state index in [0.29, 0.717) is 16.9 Å². The molecule has 2 heterocycles. The number of unbranched alkanes of at least 4 members (excludes halogenated alkanes) is 1. The molecule has 0 saturated carbocycles. The SMILES string of the molecule is CCCCc1ccc(Nc2ncnc3c2cnn3-c2ccc(F)cc2F)cc1. The van der Waals surface area contributed by atoms with Gasteiger partial charge in [0.15, 0.2) is 11.5 Å². The molecule has 0 fully saturated rings. The standard InChI is InChI=1S/C21H19F2N5/c1-2-3-4-14-5-8-16(9-6-14)27-20-17-12-26-28(21(17)25-13-24-20)19-10-7-15(22)11-18(19)23/h5-13H,2-4H2,1H3,(H,24,25,27). The topological polar surface area (TPSA) is 55.6 Å². The minimum atomic E-state index is -0.708. The lowest BCUT2D eigenvalue weighted by Gasteiger charge is -2.08. The van der Waals surface area contributed by atoms with Crippen molar-refractivity contribution < 1.29 is 8.78 Å². The Kier molecular flexibility index (Phi) is 4.97. The van der Waals surface area contributed by atoms with Crippen LogP contribution in [0.2, 0.25) is 0 Å². The van der Waals surface area contributed by atoms with Crippen LogP contribution in [0.4, 0.5) is 20.3 Å². The highest BCUT2D eigenvalue weighted by Crippen LogP contribution is 2.26. The number of aryl methyl sites for hydroxylation is 1. The normalized spacial score (nSPS) is 11.1. The molecule has 4 aromatic rings. The fraction of sp³-hybridized carbons (Fsp3) is 0.190. The molecule has 0 saturated heterocycles. The maximum absolute atomic E-state index is 14.2. The van der Waals surface area contributed by atoms with Crippen LogP contribution in [0.1, 0.15) is 25.3 Å². The van der Waals surface area contributed by atoms with Crippen LogP contribution in [0.5, 0.6) is 0 Å². The number of halogens is 2. The highest BCUT2D eigenvalue weighted by molar-refractivity contribution is 5.89. The lowest BCUT2D eigenvalue weighted by molar-refractivity contribution is 0.574. The Balaban J connectivity index is 1.65. The molecule has 7 heteroatoms. The average Bonchev–Trinajstić information content (AvgIpc) is 3.12. The zero-order chi connectivity index (χ0) is 19.5. The monoisotopic (exact) mass is 379 g/mol. The van der Waals surface area contributed by atoms with E-state index >= 15 is 0 Å². The van der Waals surface area contributed by atoms with Gasteiger partial charge in [0.2, 0.25) is 0 Å². The van der Waals surface area contributed by atoms with Crippen molar-refractivity contribution in [2.75, 3.05) is 5.32 Å². The molecule has 0 bridgehead atoms. The maximum Gasteiger partial charge on any atom is 0.168 e. The van der Waals surface area contributed by atoms with Crippen LogP contribution in [0.3, 0.4) is 0 Å². The van der Waals surface area contributed by atoms with Gasteiger partial charge in [0, 0.05) is 11.8 Å². The van der Waals surface area contributed by atoms with E-state index in [-0.39, 0.29) is 5.69 Å². The van der Waals surface area contributed by atoms with E-state index in [1.54, 1.807) is 6.20 Å². The van der Waals surface area contributed by atoms with E-state index < -0.39 is 11.6 Å². The van der Waals surface area contributed by atoms with E-state index in [1.165, 1.54) is 35.1 Å². The Morgan fingerprint density at radius 3 is 2.61 bits per heavy atom. The predicted molar refractivity (Wildman–Crippen MR) is 105 cm³/mol. The Bertz CT molecular complexity index is 1110. The fourth-order valence-corrected chi connectivity index (χ4v) is 3.05. The summed E-state index contributed by atoms with van der Waals surface area (Å²) in [4.78, 5) is 8.51. The molecule has 0 radical (unpaired) electrons. The number of hydrogen-bond acceptors (Lipinski definition) is 4. The first-order chi connectivity index (χ1) is 13.7. The molecule has 2 aromatic heterocycles. The summed E-state index contributed by atoms with van der Waals surface area (Å²) in [5.74, 6) is -0.780. The second kappa shape index (κ2) is 7.72. The van der Waals surface area contributed by atoms with Crippen LogP contribution in [0.25, 0.3) is 16.7 Å². The van der Waals surface area contributed by atoms with Gasteiger partial charge in [0.05, 0.1) is 11.6 Å². The van der Waals surface area contributed by atoms with Crippen LogP contribution in [-0.4, -0.2) is 19.7 Å². The lowest BCUT2D eigenvalue weighted by atomic mass is 10.1. The van der Waals surface area contributed by atoms with E-state index in [1.807, 2.05) is 12.1 Å². The number of aromatic nitrogens is 4. The van der Waals surface area contributed by atoms with Crippen LogP contribution < -0.4 is 5.32 Å². The van der Waals surface area contributed by atoms with Gasteiger partial charge in [-0.1, -0.05) is 25.5 Å². The molecule has 0 unspecified atom stereocenters. The zero-order valence-electron chi connectivity index (χ0n) is 15.4. The van der Waals surface area contributed by atoms with E-state index in [9.17, 15) is 8.78 Å². The average molecular weight is 379 g/mol. The summed E-state index contributed by atoms with van der Waals surface area (Å²) >= 11 is 0. The Morgan fingerprint density at radius 1 is 1.04 bits per heavy atom. The van der Waals surface area contributed by atoms with E-state index in [4.69, 9.17) is 0 Å². The minimum Gasteiger partial charge on any atom is -0.340 e. The molecule has 0 aliphatic heterocycles. The summed E-state index contributed by atoms with van der Waals surface area (Å²) < 4.78 is 28.7. The number of nitrogens with one attached hydrogen (secondary N) is 1. The third-order valence-electron chi connectivity index (χ3n) is 4.54. The lowest BCUT2D eigenvalue weighted by Crippen LogP contribution is -2.02. The van der Waals surface area contributed by atoms with Crippen molar-refractivity contribution in [1.29, 1.82) is 0 Å². The molecular weight excluding hydrogens is 360 g/mol. The van der Waals surface area contributed by atoms with Crippen LogP contribution in [0, 0.1) is 11.6 Å². The van der Waals surface area contributed by atoms with Gasteiger partial charge in [-0.25, -0.2) is 23.4 Å². The van der Waals surface area contributed by atoms with Crippen LogP contribution >= 0.6 is 0 Å². The molecule has 4 rings (SSSR count). The van der Waals surface area contributed by atoms with Crippen LogP contribution in [-0.2, 0) is 6.42 Å². The highest BCUT2D eigenvalue weighted by atomic mass is 19.1. The number of hydrogen-bond donors (Lipinski definition) is 1. The van der Waals surface area contributed by atoms with Crippen molar-refractivity contribution in [1.82, 2.24) is 19.7 Å². The predicted octanol–water partition coefficient (Wildman–Crippen LogP) is 5.18. The summed E-state index contributed by atoms with van der Waals surface area (Å²) in [5.41, 5.74) is 2.74. The number of benzene rings is 2. The van der Waals surface area contributed by atoms with E-state index in [2.05, 4.69) is 39.4 Å². The summed E-state index contributed by atoms with van der Waals surface area (Å²) in [6, 6.07) is 11.5. The third-order valence-corrected chi connectivity index (χ3v) is 4.54. The van der Waals surface area contributed by atoms with Gasteiger partial charge >= 0.3 is 0 Å². The molecule has 28 heavy (non-hydrogen) atoms. The third kappa shape index (κ3) is 3.55. The first-order valence-electron chi connectivity index (χ1n) is 9.16. The fourth-order valence-electron chi connectivity index (χ4n) is 3.05. The van der Waals surface area contributed by atoms with Crippen molar-refractivity contribution in [3.05, 3.63) is 72.2 Å². The van der Waals surface area contributed by atoms with Crippen molar-refractivity contribution in [2.24, 2.45) is 0 Å². The molecule has 0 atom stereocenters. The first-order valence-corrected chi connectivity index (χ1v) is 9.16. The molecule has 0 aliphatic carbocycles. The van der Waals surface area contributed by atoms with Gasteiger partial charge in [-0.15, -0.1) is 0 Å².